The maximum absolute atomic E-state index is 12.8. The maximum atomic E-state index is 12.8. The summed E-state index contributed by atoms with van der Waals surface area (Å²) in [5.41, 5.74) is 2.43. The lowest BCUT2D eigenvalue weighted by atomic mass is 10.0. The number of hydrogen-bond donors (Lipinski definition) is 2. The second-order valence-corrected chi connectivity index (χ2v) is 8.50. The Hall–Kier alpha value is -1.24. The molecule has 2 heterocycles. The van der Waals surface area contributed by atoms with Crippen LogP contribution in [0.1, 0.15) is 48.5 Å². The summed E-state index contributed by atoms with van der Waals surface area (Å²) >= 11 is 1.89. The second kappa shape index (κ2) is 10.3. The molecule has 1 aromatic rings. The summed E-state index contributed by atoms with van der Waals surface area (Å²) < 4.78 is 0. The zero-order valence-corrected chi connectivity index (χ0v) is 17.8. The van der Waals surface area contributed by atoms with Crippen molar-refractivity contribution in [3.05, 3.63) is 29.3 Å². The van der Waals surface area contributed by atoms with E-state index >= 15 is 0 Å². The Morgan fingerprint density at radius 2 is 2.15 bits per heavy atom. The maximum Gasteiger partial charge on any atom is 0.254 e. The lowest BCUT2D eigenvalue weighted by Crippen LogP contribution is -2.42. The number of benzene rings is 1. The van der Waals surface area contributed by atoms with E-state index in [-0.39, 0.29) is 30.3 Å². The molecule has 2 atom stereocenters. The van der Waals surface area contributed by atoms with E-state index in [1.165, 1.54) is 6.42 Å². The topological polar surface area (TPSA) is 61.4 Å². The molecule has 0 saturated carbocycles. The van der Waals surface area contributed by atoms with E-state index in [1.807, 2.05) is 41.8 Å². The van der Waals surface area contributed by atoms with Crippen LogP contribution in [0.15, 0.2) is 18.2 Å². The van der Waals surface area contributed by atoms with Crippen LogP contribution in [0.25, 0.3) is 0 Å². The minimum atomic E-state index is 0. The Kier molecular flexibility index (Phi) is 8.45. The van der Waals surface area contributed by atoms with Crippen molar-refractivity contribution in [1.82, 2.24) is 10.2 Å². The fourth-order valence-electron chi connectivity index (χ4n) is 3.68. The molecule has 3 rings (SSSR count). The molecule has 0 aliphatic carbocycles. The number of carbonyl (C=O) groups is 2. The van der Waals surface area contributed by atoms with Gasteiger partial charge in [0.2, 0.25) is 5.91 Å². The molecule has 2 N–H and O–H groups in total. The Morgan fingerprint density at radius 3 is 2.81 bits per heavy atom. The van der Waals surface area contributed by atoms with Gasteiger partial charge in [0.15, 0.2) is 0 Å². The summed E-state index contributed by atoms with van der Waals surface area (Å²) in [6.45, 7) is 5.87. The molecule has 150 valence electrons. The fourth-order valence-corrected chi connectivity index (χ4v) is 4.63. The van der Waals surface area contributed by atoms with Crippen LogP contribution in [0.5, 0.6) is 0 Å². The number of rotatable bonds is 4. The smallest absolute Gasteiger partial charge is 0.254 e. The molecule has 0 radical (unpaired) electrons. The highest BCUT2D eigenvalue weighted by Crippen LogP contribution is 2.22. The Morgan fingerprint density at radius 1 is 1.33 bits per heavy atom. The molecular formula is C20H30ClN3O2S. The van der Waals surface area contributed by atoms with Gasteiger partial charge in [0.1, 0.15) is 0 Å². The molecule has 0 spiro atoms. The highest BCUT2D eigenvalue weighted by Gasteiger charge is 2.24. The fraction of sp³-hybridized carbons (Fsp3) is 0.600. The van der Waals surface area contributed by atoms with Gasteiger partial charge in [-0.15, -0.1) is 12.4 Å². The number of likely N-dealkylation sites (tertiary alicyclic amines) is 1. The summed E-state index contributed by atoms with van der Waals surface area (Å²) in [5, 5.41) is 6.38. The quantitative estimate of drug-likeness (QED) is 0.796. The van der Waals surface area contributed by atoms with Gasteiger partial charge in [0, 0.05) is 54.4 Å². The van der Waals surface area contributed by atoms with Gasteiger partial charge in [-0.3, -0.25) is 9.59 Å². The van der Waals surface area contributed by atoms with Crippen molar-refractivity contribution in [2.75, 3.05) is 29.9 Å². The third-order valence-corrected chi connectivity index (χ3v) is 6.37. The van der Waals surface area contributed by atoms with Crippen LogP contribution in [-0.4, -0.2) is 53.4 Å². The van der Waals surface area contributed by atoms with Gasteiger partial charge in [0.25, 0.3) is 5.91 Å². The number of nitrogens with one attached hydrogen (secondary N) is 2. The van der Waals surface area contributed by atoms with Gasteiger partial charge in [-0.2, -0.15) is 11.8 Å². The largest absolute Gasteiger partial charge is 0.336 e. The first-order valence-corrected chi connectivity index (χ1v) is 10.7. The van der Waals surface area contributed by atoms with Gasteiger partial charge < -0.3 is 15.5 Å². The molecule has 1 aromatic carbocycles. The Labute approximate surface area is 172 Å². The molecule has 5 nitrogen and oxygen atoms in total. The van der Waals surface area contributed by atoms with Crippen molar-refractivity contribution in [3.63, 3.8) is 0 Å². The SMILES string of the molecule is Cc1cc(C(=O)N2CCCCC2C)ccc1NC(=O)CC1CSCCN1.Cl. The number of anilines is 1. The molecule has 2 aliphatic heterocycles. The summed E-state index contributed by atoms with van der Waals surface area (Å²) in [7, 11) is 0. The lowest BCUT2D eigenvalue weighted by Gasteiger charge is -2.33. The minimum Gasteiger partial charge on any atom is -0.336 e. The third-order valence-electron chi connectivity index (χ3n) is 5.24. The minimum absolute atomic E-state index is 0. The first-order chi connectivity index (χ1) is 12.5. The number of amides is 2. The van der Waals surface area contributed by atoms with Crippen LogP contribution in [0.2, 0.25) is 0 Å². The number of aryl methyl sites for hydroxylation is 1. The van der Waals surface area contributed by atoms with Crippen LogP contribution >= 0.6 is 24.2 Å². The van der Waals surface area contributed by atoms with Crippen molar-refractivity contribution in [3.8, 4) is 0 Å². The molecule has 0 aromatic heterocycles. The van der Waals surface area contributed by atoms with Gasteiger partial charge in [-0.05, 0) is 56.9 Å². The molecule has 2 fully saturated rings. The molecule has 2 unspecified atom stereocenters. The van der Waals surface area contributed by atoms with Crippen LogP contribution in [-0.2, 0) is 4.79 Å². The number of thioether (sulfide) groups is 1. The van der Waals surface area contributed by atoms with Gasteiger partial charge in [-0.25, -0.2) is 0 Å². The van der Waals surface area contributed by atoms with Crippen molar-refractivity contribution in [2.24, 2.45) is 0 Å². The standard InChI is InChI=1S/C20H29N3O2S.ClH/c1-14-11-16(20(25)23-9-4-3-5-15(23)2)6-7-18(14)22-19(24)12-17-13-26-10-8-21-17;/h6-7,11,15,17,21H,3-5,8-10,12-13H2,1-2H3,(H,22,24);1H. The van der Waals surface area contributed by atoms with Gasteiger partial charge in [0.05, 0.1) is 0 Å². The molecule has 27 heavy (non-hydrogen) atoms. The molecular weight excluding hydrogens is 382 g/mol. The molecule has 2 saturated heterocycles. The van der Waals surface area contributed by atoms with E-state index < -0.39 is 0 Å². The monoisotopic (exact) mass is 411 g/mol. The highest BCUT2D eigenvalue weighted by atomic mass is 35.5. The number of halogens is 1. The van der Waals surface area contributed by atoms with E-state index in [0.717, 1.165) is 48.7 Å². The van der Waals surface area contributed by atoms with E-state index in [0.29, 0.717) is 18.0 Å². The third kappa shape index (κ3) is 5.87. The van der Waals surface area contributed by atoms with Gasteiger partial charge >= 0.3 is 0 Å². The summed E-state index contributed by atoms with van der Waals surface area (Å²) in [6.07, 6.45) is 3.84. The average Bonchev–Trinajstić information content (AvgIpc) is 2.64. The number of carbonyl (C=O) groups excluding carboxylic acids is 2. The zero-order valence-electron chi connectivity index (χ0n) is 16.1. The van der Waals surface area contributed by atoms with Crippen molar-refractivity contribution in [1.29, 1.82) is 0 Å². The van der Waals surface area contributed by atoms with Crippen molar-refractivity contribution in [2.45, 2.75) is 51.6 Å². The molecule has 2 amide bonds. The first-order valence-electron chi connectivity index (χ1n) is 9.57. The lowest BCUT2D eigenvalue weighted by molar-refractivity contribution is -0.116. The zero-order chi connectivity index (χ0) is 18.5. The predicted molar refractivity (Wildman–Crippen MR) is 115 cm³/mol. The van der Waals surface area contributed by atoms with E-state index in [1.54, 1.807) is 0 Å². The highest BCUT2D eigenvalue weighted by molar-refractivity contribution is 7.99. The number of hydrogen-bond acceptors (Lipinski definition) is 4. The van der Waals surface area contributed by atoms with Crippen LogP contribution in [0.3, 0.4) is 0 Å². The Balaban J connectivity index is 0.00000261. The second-order valence-electron chi connectivity index (χ2n) is 7.35. The van der Waals surface area contributed by atoms with E-state index in [4.69, 9.17) is 0 Å². The molecule has 2 aliphatic rings. The summed E-state index contributed by atoms with van der Waals surface area (Å²) in [6, 6.07) is 6.14. The van der Waals surface area contributed by atoms with Gasteiger partial charge in [-0.1, -0.05) is 0 Å². The summed E-state index contributed by atoms with van der Waals surface area (Å²) in [4.78, 5) is 27.1. The molecule has 0 bridgehead atoms. The average molecular weight is 412 g/mol. The van der Waals surface area contributed by atoms with Crippen LogP contribution in [0, 0.1) is 6.92 Å². The first kappa shape index (κ1) is 22.1. The normalized spacial score (nSPS) is 22.7. The van der Waals surface area contributed by atoms with E-state index in [2.05, 4.69) is 17.6 Å². The number of nitrogens with zero attached hydrogens (tertiary/aromatic N) is 1. The van der Waals surface area contributed by atoms with Crippen LogP contribution < -0.4 is 10.6 Å². The number of piperidine rings is 1. The van der Waals surface area contributed by atoms with Crippen molar-refractivity contribution < 1.29 is 9.59 Å². The predicted octanol–water partition coefficient (Wildman–Crippen LogP) is 3.47. The van der Waals surface area contributed by atoms with Crippen LogP contribution in [0.4, 0.5) is 5.69 Å². The molecule has 7 heteroatoms. The Bertz CT molecular complexity index is 665. The van der Waals surface area contributed by atoms with Crippen molar-refractivity contribution >= 4 is 41.7 Å². The summed E-state index contributed by atoms with van der Waals surface area (Å²) in [5.74, 6) is 2.22. The van der Waals surface area contributed by atoms with E-state index in [9.17, 15) is 9.59 Å².